The van der Waals surface area contributed by atoms with Crippen LogP contribution >= 0.6 is 11.3 Å². The third-order valence-electron chi connectivity index (χ3n) is 5.00. The molecule has 29 heavy (non-hydrogen) atoms. The second-order valence-corrected chi connectivity index (χ2v) is 8.57. The Morgan fingerprint density at radius 2 is 1.21 bits per heavy atom. The fourth-order valence-corrected chi connectivity index (χ4v) is 3.92. The maximum absolute atomic E-state index is 5.85. The third-order valence-corrected chi connectivity index (χ3v) is 5.88. The number of rotatable bonds is 17. The average molecular weight is 419 g/mol. The molecule has 0 aliphatic heterocycles. The van der Waals surface area contributed by atoms with Crippen molar-refractivity contribution < 1.29 is 9.47 Å². The molecule has 1 heterocycles. The Hall–Kier alpha value is -1.62. The van der Waals surface area contributed by atoms with E-state index in [0.29, 0.717) is 5.19 Å². The average Bonchev–Trinajstić information content (AvgIpc) is 3.22. The van der Waals surface area contributed by atoms with Gasteiger partial charge < -0.3 is 9.47 Å². The van der Waals surface area contributed by atoms with Gasteiger partial charge in [0, 0.05) is 5.56 Å². The molecule has 0 radical (unpaired) electrons. The molecule has 1 aromatic heterocycles. The Morgan fingerprint density at radius 1 is 0.655 bits per heavy atom. The first-order valence-electron chi connectivity index (χ1n) is 11.5. The van der Waals surface area contributed by atoms with Gasteiger partial charge in [-0.3, -0.25) is 0 Å². The minimum atomic E-state index is 0.664. The first-order chi connectivity index (χ1) is 14.3. The molecule has 5 heteroatoms. The Labute approximate surface area is 181 Å². The summed E-state index contributed by atoms with van der Waals surface area (Å²) in [6, 6.07) is 8.14. The Balaban J connectivity index is 1.64. The SMILES string of the molecule is CCCCCCCCOc1ccc(-c2nnc(OCCCCCCCC)s2)cc1. The van der Waals surface area contributed by atoms with Gasteiger partial charge in [-0.25, -0.2) is 0 Å². The van der Waals surface area contributed by atoms with E-state index in [1.165, 1.54) is 75.5 Å². The highest BCUT2D eigenvalue weighted by Gasteiger charge is 2.08. The first kappa shape index (κ1) is 23.7. The highest BCUT2D eigenvalue weighted by atomic mass is 32.1. The molecule has 0 amide bonds. The fourth-order valence-electron chi connectivity index (χ4n) is 3.19. The number of benzene rings is 1. The summed E-state index contributed by atoms with van der Waals surface area (Å²) in [6.07, 6.45) is 15.3. The van der Waals surface area contributed by atoms with Gasteiger partial charge in [0.15, 0.2) is 5.01 Å². The lowest BCUT2D eigenvalue weighted by Crippen LogP contribution is -1.97. The molecule has 0 bridgehead atoms. The van der Waals surface area contributed by atoms with Gasteiger partial charge in [0.25, 0.3) is 5.19 Å². The van der Waals surface area contributed by atoms with Crippen LogP contribution in [-0.2, 0) is 0 Å². The van der Waals surface area contributed by atoms with E-state index in [1.807, 2.05) is 12.1 Å². The van der Waals surface area contributed by atoms with Crippen LogP contribution in [0.2, 0.25) is 0 Å². The molecule has 1 aromatic carbocycles. The molecule has 0 saturated carbocycles. The highest BCUT2D eigenvalue weighted by molar-refractivity contribution is 7.16. The number of hydrogen-bond donors (Lipinski definition) is 0. The number of hydrogen-bond acceptors (Lipinski definition) is 5. The molecule has 0 N–H and O–H groups in total. The quantitative estimate of drug-likeness (QED) is 0.247. The molecule has 162 valence electrons. The highest BCUT2D eigenvalue weighted by Crippen LogP contribution is 2.29. The molecule has 0 aliphatic rings. The summed E-state index contributed by atoms with van der Waals surface area (Å²) < 4.78 is 11.6. The summed E-state index contributed by atoms with van der Waals surface area (Å²) in [5.41, 5.74) is 1.06. The fraction of sp³-hybridized carbons (Fsp3) is 0.667. The molecule has 2 aromatic rings. The van der Waals surface area contributed by atoms with E-state index in [1.54, 1.807) is 0 Å². The summed E-state index contributed by atoms with van der Waals surface area (Å²) in [5, 5.41) is 10.00. The van der Waals surface area contributed by atoms with E-state index in [4.69, 9.17) is 9.47 Å². The van der Waals surface area contributed by atoms with Gasteiger partial charge in [0.2, 0.25) is 0 Å². The Bertz CT molecular complexity index is 643. The number of aromatic nitrogens is 2. The molecule has 0 atom stereocenters. The molecular weight excluding hydrogens is 380 g/mol. The van der Waals surface area contributed by atoms with Crippen molar-refractivity contribution in [2.45, 2.75) is 90.9 Å². The van der Waals surface area contributed by atoms with Crippen LogP contribution in [-0.4, -0.2) is 23.4 Å². The predicted molar refractivity (Wildman–Crippen MR) is 123 cm³/mol. The zero-order valence-corrected chi connectivity index (χ0v) is 19.1. The van der Waals surface area contributed by atoms with Crippen LogP contribution in [0.1, 0.15) is 90.9 Å². The maximum Gasteiger partial charge on any atom is 0.294 e. The van der Waals surface area contributed by atoms with E-state index in [2.05, 4.69) is 36.2 Å². The van der Waals surface area contributed by atoms with Gasteiger partial charge in [-0.2, -0.15) is 0 Å². The largest absolute Gasteiger partial charge is 0.494 e. The van der Waals surface area contributed by atoms with Crippen molar-refractivity contribution in [3.8, 4) is 21.5 Å². The molecule has 4 nitrogen and oxygen atoms in total. The van der Waals surface area contributed by atoms with E-state index in [9.17, 15) is 0 Å². The molecule has 0 saturated heterocycles. The van der Waals surface area contributed by atoms with Gasteiger partial charge in [0.05, 0.1) is 13.2 Å². The van der Waals surface area contributed by atoms with E-state index < -0.39 is 0 Å². The van der Waals surface area contributed by atoms with Crippen molar-refractivity contribution in [2.75, 3.05) is 13.2 Å². The molecule has 0 spiro atoms. The van der Waals surface area contributed by atoms with Crippen molar-refractivity contribution in [2.24, 2.45) is 0 Å². The van der Waals surface area contributed by atoms with Gasteiger partial charge >= 0.3 is 0 Å². The van der Waals surface area contributed by atoms with Crippen LogP contribution in [0.3, 0.4) is 0 Å². The zero-order valence-electron chi connectivity index (χ0n) is 18.3. The lowest BCUT2D eigenvalue weighted by atomic mass is 10.1. The lowest BCUT2D eigenvalue weighted by Gasteiger charge is -2.06. The van der Waals surface area contributed by atoms with Crippen LogP contribution in [0.15, 0.2) is 24.3 Å². The minimum absolute atomic E-state index is 0.664. The van der Waals surface area contributed by atoms with Crippen LogP contribution in [0.25, 0.3) is 10.6 Å². The number of ether oxygens (including phenoxy) is 2. The topological polar surface area (TPSA) is 44.2 Å². The normalized spacial score (nSPS) is 11.0. The summed E-state index contributed by atoms with van der Waals surface area (Å²) in [6.45, 7) is 6.01. The second-order valence-electron chi connectivity index (χ2n) is 7.63. The summed E-state index contributed by atoms with van der Waals surface area (Å²) in [7, 11) is 0. The lowest BCUT2D eigenvalue weighted by molar-refractivity contribution is 0.300. The molecular formula is C24H38N2O2S. The van der Waals surface area contributed by atoms with Crippen molar-refractivity contribution in [1.82, 2.24) is 10.2 Å². The first-order valence-corrected chi connectivity index (χ1v) is 12.3. The van der Waals surface area contributed by atoms with Gasteiger partial charge in [0.1, 0.15) is 5.75 Å². The second kappa shape index (κ2) is 15.3. The van der Waals surface area contributed by atoms with Crippen molar-refractivity contribution in [3.63, 3.8) is 0 Å². The summed E-state index contributed by atoms with van der Waals surface area (Å²) >= 11 is 1.51. The van der Waals surface area contributed by atoms with Crippen molar-refractivity contribution >= 4 is 11.3 Å². The minimum Gasteiger partial charge on any atom is -0.494 e. The number of nitrogens with zero attached hydrogens (tertiary/aromatic N) is 2. The van der Waals surface area contributed by atoms with Crippen LogP contribution < -0.4 is 9.47 Å². The molecule has 0 aliphatic carbocycles. The summed E-state index contributed by atoms with van der Waals surface area (Å²) in [4.78, 5) is 0. The van der Waals surface area contributed by atoms with E-state index in [0.717, 1.165) is 42.4 Å². The van der Waals surface area contributed by atoms with Gasteiger partial charge in [-0.1, -0.05) is 94.5 Å². The molecule has 0 fully saturated rings. The maximum atomic E-state index is 5.85. The van der Waals surface area contributed by atoms with Gasteiger partial charge in [-0.05, 0) is 37.1 Å². The van der Waals surface area contributed by atoms with Crippen LogP contribution in [0.4, 0.5) is 0 Å². The Morgan fingerprint density at radius 3 is 1.83 bits per heavy atom. The van der Waals surface area contributed by atoms with E-state index >= 15 is 0 Å². The number of unbranched alkanes of at least 4 members (excludes halogenated alkanes) is 10. The molecule has 0 unspecified atom stereocenters. The smallest absolute Gasteiger partial charge is 0.294 e. The van der Waals surface area contributed by atoms with Crippen LogP contribution in [0, 0.1) is 0 Å². The molecule has 2 rings (SSSR count). The Kier molecular flexibility index (Phi) is 12.4. The third kappa shape index (κ3) is 10.1. The van der Waals surface area contributed by atoms with Crippen molar-refractivity contribution in [3.05, 3.63) is 24.3 Å². The standard InChI is InChI=1S/C24H38N2O2S/c1-3-5-7-9-11-13-19-27-22-17-15-21(16-18-22)23-25-26-24(29-23)28-20-14-12-10-8-6-4-2/h15-18H,3-14,19-20H2,1-2H3. The predicted octanol–water partition coefficient (Wildman–Crippen LogP) is 7.68. The zero-order chi connectivity index (χ0) is 20.6. The van der Waals surface area contributed by atoms with Gasteiger partial charge in [-0.15, -0.1) is 5.10 Å². The monoisotopic (exact) mass is 418 g/mol. The van der Waals surface area contributed by atoms with E-state index in [-0.39, 0.29) is 0 Å². The summed E-state index contributed by atoms with van der Waals surface area (Å²) in [5.74, 6) is 0.923. The van der Waals surface area contributed by atoms with Crippen molar-refractivity contribution in [1.29, 1.82) is 0 Å². The van der Waals surface area contributed by atoms with Crippen LogP contribution in [0.5, 0.6) is 10.9 Å².